The van der Waals surface area contributed by atoms with Crippen LogP contribution in [0.2, 0.25) is 0 Å². The Bertz CT molecular complexity index is 270. The summed E-state index contributed by atoms with van der Waals surface area (Å²) in [6.45, 7) is 10.8. The van der Waals surface area contributed by atoms with Crippen molar-refractivity contribution in [3.8, 4) is 0 Å². The van der Waals surface area contributed by atoms with Gasteiger partial charge in [-0.15, -0.1) is 24.8 Å². The normalized spacial score (nSPS) is 17.8. The van der Waals surface area contributed by atoms with Crippen LogP contribution in [0.4, 0.5) is 0 Å². The third kappa shape index (κ3) is 9.56. The van der Waals surface area contributed by atoms with Gasteiger partial charge in [0.25, 0.3) is 0 Å². The second-order valence-electron chi connectivity index (χ2n) is 6.27. The van der Waals surface area contributed by atoms with Gasteiger partial charge in [0.1, 0.15) is 0 Å². The van der Waals surface area contributed by atoms with Crippen LogP contribution >= 0.6 is 24.8 Å². The monoisotopic (exact) mass is 341 g/mol. The van der Waals surface area contributed by atoms with Crippen molar-refractivity contribution in [3.05, 3.63) is 0 Å². The molecule has 0 aromatic heterocycles. The minimum atomic E-state index is -0.347. The van der Waals surface area contributed by atoms with Crippen LogP contribution in [0.5, 0.6) is 0 Å². The first-order valence-electron chi connectivity index (χ1n) is 7.78. The molecule has 1 aliphatic rings. The van der Waals surface area contributed by atoms with Crippen LogP contribution in [-0.2, 0) is 4.79 Å². The summed E-state index contributed by atoms with van der Waals surface area (Å²) in [6.07, 6.45) is 4.38. The van der Waals surface area contributed by atoms with Crippen molar-refractivity contribution in [3.63, 3.8) is 0 Å². The van der Waals surface area contributed by atoms with Gasteiger partial charge >= 0.3 is 0 Å². The fourth-order valence-electron chi connectivity index (χ4n) is 2.72. The summed E-state index contributed by atoms with van der Waals surface area (Å²) in [7, 11) is 0. The molecule has 1 aliphatic heterocycles. The van der Waals surface area contributed by atoms with Gasteiger partial charge in [0.05, 0.1) is 6.04 Å². The Morgan fingerprint density at radius 2 is 1.86 bits per heavy atom. The van der Waals surface area contributed by atoms with Crippen LogP contribution < -0.4 is 11.1 Å². The van der Waals surface area contributed by atoms with Gasteiger partial charge in [-0.2, -0.15) is 0 Å². The second-order valence-corrected chi connectivity index (χ2v) is 6.27. The van der Waals surface area contributed by atoms with Crippen LogP contribution in [0.25, 0.3) is 0 Å². The number of carbonyl (C=O) groups is 1. The van der Waals surface area contributed by atoms with Crippen LogP contribution in [0.15, 0.2) is 0 Å². The molecule has 1 fully saturated rings. The standard InChI is InChI=1S/C15H31N3O.2ClH/c1-4-7-18-8-5-13(6-9-18)11-17-15(19)14(16)10-12(2)3;;/h12-14H,4-11,16H2,1-3H3,(H,17,19);2*1H/t14-;;/m0../s1. The molecule has 3 N–H and O–H groups in total. The molecule has 1 heterocycles. The van der Waals surface area contributed by atoms with Crippen LogP contribution in [-0.4, -0.2) is 43.0 Å². The lowest BCUT2D eigenvalue weighted by Crippen LogP contribution is -2.45. The summed E-state index contributed by atoms with van der Waals surface area (Å²) in [5, 5.41) is 3.02. The fourth-order valence-corrected chi connectivity index (χ4v) is 2.72. The largest absolute Gasteiger partial charge is 0.354 e. The minimum Gasteiger partial charge on any atom is -0.354 e. The molecule has 1 rings (SSSR count). The van der Waals surface area contributed by atoms with Crippen molar-refractivity contribution in [2.45, 2.75) is 52.5 Å². The van der Waals surface area contributed by atoms with Gasteiger partial charge in [-0.1, -0.05) is 20.8 Å². The number of amides is 1. The van der Waals surface area contributed by atoms with Gasteiger partial charge in [-0.25, -0.2) is 0 Å². The van der Waals surface area contributed by atoms with Crippen LogP contribution in [0.3, 0.4) is 0 Å². The number of piperidine rings is 1. The predicted molar refractivity (Wildman–Crippen MR) is 94.4 cm³/mol. The Balaban J connectivity index is 0. The van der Waals surface area contributed by atoms with Crippen molar-refractivity contribution in [1.29, 1.82) is 0 Å². The van der Waals surface area contributed by atoms with Crippen molar-refractivity contribution in [1.82, 2.24) is 10.2 Å². The molecule has 1 atom stereocenters. The SMILES string of the molecule is CCCN1CCC(CNC(=O)[C@@H](N)CC(C)C)CC1.Cl.Cl. The maximum atomic E-state index is 11.8. The first-order chi connectivity index (χ1) is 9.02. The lowest BCUT2D eigenvalue weighted by molar-refractivity contribution is -0.122. The maximum absolute atomic E-state index is 11.8. The Kier molecular flexibility index (Phi) is 13.8. The summed E-state index contributed by atoms with van der Waals surface area (Å²) in [6, 6.07) is -0.347. The van der Waals surface area contributed by atoms with Gasteiger partial charge in [0, 0.05) is 6.54 Å². The highest BCUT2D eigenvalue weighted by Crippen LogP contribution is 2.16. The topological polar surface area (TPSA) is 58.4 Å². The van der Waals surface area contributed by atoms with Crippen LogP contribution in [0.1, 0.15) is 46.5 Å². The Hall–Kier alpha value is -0.0300. The summed E-state index contributed by atoms with van der Waals surface area (Å²) >= 11 is 0. The zero-order valence-electron chi connectivity index (χ0n) is 13.6. The lowest BCUT2D eigenvalue weighted by Gasteiger charge is -2.31. The lowest BCUT2D eigenvalue weighted by atomic mass is 9.96. The van der Waals surface area contributed by atoms with E-state index in [0.29, 0.717) is 11.8 Å². The van der Waals surface area contributed by atoms with Crippen LogP contribution in [0, 0.1) is 11.8 Å². The first-order valence-corrected chi connectivity index (χ1v) is 7.78. The molecular weight excluding hydrogens is 309 g/mol. The van der Waals surface area contributed by atoms with E-state index < -0.39 is 0 Å². The number of nitrogens with one attached hydrogen (secondary N) is 1. The summed E-state index contributed by atoms with van der Waals surface area (Å²) in [5.41, 5.74) is 5.88. The molecule has 0 spiro atoms. The Labute approximate surface area is 142 Å². The summed E-state index contributed by atoms with van der Waals surface area (Å²) < 4.78 is 0. The zero-order chi connectivity index (χ0) is 14.3. The number of rotatable bonds is 7. The maximum Gasteiger partial charge on any atom is 0.236 e. The van der Waals surface area contributed by atoms with E-state index in [1.165, 1.54) is 38.9 Å². The number of nitrogens with zero attached hydrogens (tertiary/aromatic N) is 1. The number of likely N-dealkylation sites (tertiary alicyclic amines) is 1. The molecule has 0 aromatic rings. The Morgan fingerprint density at radius 3 is 2.33 bits per heavy atom. The van der Waals surface area contributed by atoms with Gasteiger partial charge < -0.3 is 16.0 Å². The number of hydrogen-bond acceptors (Lipinski definition) is 3. The van der Waals surface area contributed by atoms with Gasteiger partial charge in [-0.3, -0.25) is 4.79 Å². The molecule has 0 aromatic carbocycles. The number of nitrogens with two attached hydrogens (primary N) is 1. The van der Waals surface area contributed by atoms with Crippen molar-refractivity contribution >= 4 is 30.7 Å². The highest BCUT2D eigenvalue weighted by Gasteiger charge is 2.20. The number of hydrogen-bond donors (Lipinski definition) is 2. The molecule has 4 nitrogen and oxygen atoms in total. The molecule has 0 saturated carbocycles. The van der Waals surface area contributed by atoms with E-state index in [1.54, 1.807) is 0 Å². The van der Waals surface area contributed by atoms with Crippen molar-refractivity contribution in [2.75, 3.05) is 26.2 Å². The highest BCUT2D eigenvalue weighted by molar-refractivity contribution is 5.85. The van der Waals surface area contributed by atoms with Gasteiger partial charge in [0.2, 0.25) is 5.91 Å². The van der Waals surface area contributed by atoms with E-state index >= 15 is 0 Å². The smallest absolute Gasteiger partial charge is 0.236 e. The van der Waals surface area contributed by atoms with E-state index in [-0.39, 0.29) is 36.8 Å². The molecule has 128 valence electrons. The Morgan fingerprint density at radius 1 is 1.29 bits per heavy atom. The summed E-state index contributed by atoms with van der Waals surface area (Å²) in [5.74, 6) is 1.12. The van der Waals surface area contributed by atoms with E-state index in [1.807, 2.05) is 0 Å². The van der Waals surface area contributed by atoms with Gasteiger partial charge in [0.15, 0.2) is 0 Å². The number of halogens is 2. The molecule has 0 radical (unpaired) electrons. The fraction of sp³-hybridized carbons (Fsp3) is 0.933. The highest BCUT2D eigenvalue weighted by atomic mass is 35.5. The third-order valence-electron chi connectivity index (χ3n) is 3.87. The average Bonchev–Trinajstić information content (AvgIpc) is 2.37. The predicted octanol–water partition coefficient (Wildman–Crippen LogP) is 2.44. The molecule has 0 bridgehead atoms. The first kappa shape index (κ1) is 23.2. The van der Waals surface area contributed by atoms with Gasteiger partial charge in [-0.05, 0) is 57.2 Å². The van der Waals surface area contributed by atoms with E-state index in [2.05, 4.69) is 31.0 Å². The molecule has 6 heteroatoms. The molecule has 0 unspecified atom stereocenters. The van der Waals surface area contributed by atoms with Crippen molar-refractivity contribution in [2.24, 2.45) is 17.6 Å². The van der Waals surface area contributed by atoms with E-state index in [0.717, 1.165) is 13.0 Å². The quantitative estimate of drug-likeness (QED) is 0.747. The molecule has 1 saturated heterocycles. The molecule has 1 amide bonds. The second kappa shape index (κ2) is 12.5. The van der Waals surface area contributed by atoms with E-state index in [4.69, 9.17) is 5.73 Å². The molecule has 0 aliphatic carbocycles. The molecular formula is C15H33Cl2N3O. The zero-order valence-corrected chi connectivity index (χ0v) is 15.3. The average molecular weight is 342 g/mol. The number of carbonyl (C=O) groups excluding carboxylic acids is 1. The molecule has 21 heavy (non-hydrogen) atoms. The van der Waals surface area contributed by atoms with Crippen molar-refractivity contribution < 1.29 is 4.79 Å². The third-order valence-corrected chi connectivity index (χ3v) is 3.87. The summed E-state index contributed by atoms with van der Waals surface area (Å²) in [4.78, 5) is 14.4. The minimum absolute atomic E-state index is 0. The van der Waals surface area contributed by atoms with E-state index in [9.17, 15) is 4.79 Å².